The molecule has 1 aliphatic heterocycles. The minimum Gasteiger partial charge on any atom is -0.480 e. The van der Waals surface area contributed by atoms with Crippen molar-refractivity contribution in [1.29, 1.82) is 0 Å². The number of carbonyl (C=O) groups is 4. The zero-order valence-corrected chi connectivity index (χ0v) is 13.2. The van der Waals surface area contributed by atoms with E-state index in [2.05, 4.69) is 0 Å². The number of hydroxylamine groups is 2. The lowest BCUT2D eigenvalue weighted by molar-refractivity contribution is -0.204. The quantitative estimate of drug-likeness (QED) is 0.699. The monoisotopic (exact) mass is 314 g/mol. The number of hydrogen-bond acceptors (Lipinski definition) is 6. The van der Waals surface area contributed by atoms with E-state index in [0.717, 1.165) is 0 Å². The van der Waals surface area contributed by atoms with Crippen LogP contribution in [0, 0.1) is 17.3 Å². The largest absolute Gasteiger partial charge is 0.480 e. The number of nitrogens with two attached hydrogens (primary N) is 1. The minimum atomic E-state index is -1.17. The van der Waals surface area contributed by atoms with E-state index in [1.807, 2.05) is 0 Å². The van der Waals surface area contributed by atoms with Gasteiger partial charge >= 0.3 is 11.9 Å². The zero-order chi connectivity index (χ0) is 17.2. The molecule has 8 heteroatoms. The fourth-order valence-corrected chi connectivity index (χ4v) is 2.01. The Morgan fingerprint density at radius 1 is 1.41 bits per heavy atom. The van der Waals surface area contributed by atoms with Gasteiger partial charge in [0.1, 0.15) is 6.04 Å². The molecule has 1 aliphatic rings. The third-order valence-electron chi connectivity index (χ3n) is 3.54. The lowest BCUT2D eigenvalue weighted by Gasteiger charge is -2.21. The van der Waals surface area contributed by atoms with Gasteiger partial charge in [-0.15, -0.1) is 5.06 Å². The van der Waals surface area contributed by atoms with Crippen molar-refractivity contribution in [3.05, 3.63) is 0 Å². The smallest absolute Gasteiger partial charge is 0.338 e. The summed E-state index contributed by atoms with van der Waals surface area (Å²) < 4.78 is 0. The predicted molar refractivity (Wildman–Crippen MR) is 74.9 cm³/mol. The maximum absolute atomic E-state index is 12.1. The number of amides is 2. The lowest BCUT2D eigenvalue weighted by atomic mass is 9.90. The second-order valence-electron chi connectivity index (χ2n) is 6.63. The highest BCUT2D eigenvalue weighted by molar-refractivity contribution is 6.03. The summed E-state index contributed by atoms with van der Waals surface area (Å²) in [5.74, 6) is -4.31. The van der Waals surface area contributed by atoms with Gasteiger partial charge in [-0.05, 0) is 33.1 Å². The van der Waals surface area contributed by atoms with Crippen molar-refractivity contribution in [3.8, 4) is 0 Å². The predicted octanol–water partition coefficient (Wildman–Crippen LogP) is 0.304. The molecular weight excluding hydrogens is 292 g/mol. The van der Waals surface area contributed by atoms with Crippen LogP contribution >= 0.6 is 0 Å². The third-order valence-corrected chi connectivity index (χ3v) is 3.54. The van der Waals surface area contributed by atoms with Gasteiger partial charge in [-0.25, -0.2) is 4.79 Å². The summed E-state index contributed by atoms with van der Waals surface area (Å²) in [6.45, 7) is 6.41. The molecule has 0 aromatic rings. The number of carboxylic acids is 1. The van der Waals surface area contributed by atoms with E-state index < -0.39 is 47.0 Å². The Morgan fingerprint density at radius 2 is 1.95 bits per heavy atom. The molecule has 0 aliphatic carbocycles. The van der Waals surface area contributed by atoms with Crippen LogP contribution in [0.25, 0.3) is 0 Å². The molecule has 1 rings (SSSR count). The molecule has 1 fully saturated rings. The van der Waals surface area contributed by atoms with Gasteiger partial charge in [-0.3, -0.25) is 14.4 Å². The number of carboxylic acid groups (broad SMARTS) is 1. The molecule has 0 aromatic heterocycles. The zero-order valence-electron chi connectivity index (χ0n) is 13.2. The third kappa shape index (κ3) is 4.03. The van der Waals surface area contributed by atoms with Gasteiger partial charge in [0.25, 0.3) is 11.8 Å². The van der Waals surface area contributed by atoms with Gasteiger partial charge < -0.3 is 15.7 Å². The SMILES string of the molecule is CC(CC1CC(=O)N(OC(=O)C(C)(C)C)C1=O)C(N)C(=O)O. The van der Waals surface area contributed by atoms with Gasteiger partial charge in [0.2, 0.25) is 0 Å². The molecule has 3 unspecified atom stereocenters. The van der Waals surface area contributed by atoms with Crippen molar-refractivity contribution in [2.24, 2.45) is 23.0 Å². The molecule has 0 saturated carbocycles. The number of imide groups is 1. The van der Waals surface area contributed by atoms with E-state index in [0.29, 0.717) is 5.06 Å². The molecule has 8 nitrogen and oxygen atoms in total. The number of nitrogens with zero attached hydrogens (tertiary/aromatic N) is 1. The molecule has 124 valence electrons. The molecule has 1 saturated heterocycles. The van der Waals surface area contributed by atoms with Gasteiger partial charge in [0, 0.05) is 6.42 Å². The second kappa shape index (κ2) is 6.43. The Kier molecular flexibility index (Phi) is 5.29. The Hall–Kier alpha value is -1.96. The van der Waals surface area contributed by atoms with Crippen molar-refractivity contribution in [1.82, 2.24) is 5.06 Å². The standard InChI is InChI=1S/C14H22N2O6/c1-7(10(15)12(19)20)5-8-6-9(17)16(11(8)18)22-13(21)14(2,3)4/h7-8,10H,5-6,15H2,1-4H3,(H,19,20). The fourth-order valence-electron chi connectivity index (χ4n) is 2.01. The average molecular weight is 314 g/mol. The minimum absolute atomic E-state index is 0.118. The molecular formula is C14H22N2O6. The van der Waals surface area contributed by atoms with Crippen molar-refractivity contribution in [3.63, 3.8) is 0 Å². The van der Waals surface area contributed by atoms with Crippen LogP contribution in [0.2, 0.25) is 0 Å². The summed E-state index contributed by atoms with van der Waals surface area (Å²) in [6, 6.07) is -1.12. The van der Waals surface area contributed by atoms with Crippen molar-refractivity contribution in [2.75, 3.05) is 0 Å². The Balaban J connectivity index is 2.73. The van der Waals surface area contributed by atoms with Crippen molar-refractivity contribution >= 4 is 23.8 Å². The molecule has 0 radical (unpaired) electrons. The maximum Gasteiger partial charge on any atom is 0.338 e. The van der Waals surface area contributed by atoms with Gasteiger partial charge in [-0.1, -0.05) is 6.92 Å². The summed E-state index contributed by atoms with van der Waals surface area (Å²) in [5, 5.41) is 9.33. The molecule has 3 atom stereocenters. The highest BCUT2D eigenvalue weighted by atomic mass is 16.7. The lowest BCUT2D eigenvalue weighted by Crippen LogP contribution is -2.39. The topological polar surface area (TPSA) is 127 Å². The molecule has 22 heavy (non-hydrogen) atoms. The van der Waals surface area contributed by atoms with E-state index in [4.69, 9.17) is 15.7 Å². The van der Waals surface area contributed by atoms with Crippen LogP contribution in [-0.2, 0) is 24.0 Å². The van der Waals surface area contributed by atoms with Crippen LogP contribution in [-0.4, -0.2) is 40.0 Å². The van der Waals surface area contributed by atoms with Crippen LogP contribution in [0.1, 0.15) is 40.5 Å². The Labute approximate surface area is 128 Å². The number of carbonyl (C=O) groups excluding carboxylic acids is 3. The highest BCUT2D eigenvalue weighted by Gasteiger charge is 2.44. The number of hydrogen-bond donors (Lipinski definition) is 2. The first kappa shape index (κ1) is 18.1. The molecule has 0 spiro atoms. The van der Waals surface area contributed by atoms with Gasteiger partial charge in [0.15, 0.2) is 0 Å². The van der Waals surface area contributed by atoms with Crippen LogP contribution in [0.3, 0.4) is 0 Å². The molecule has 3 N–H and O–H groups in total. The fraction of sp³-hybridized carbons (Fsp3) is 0.714. The summed E-state index contributed by atoms with van der Waals surface area (Å²) in [4.78, 5) is 51.4. The first-order chi connectivity index (χ1) is 9.95. The van der Waals surface area contributed by atoms with E-state index in [-0.39, 0.29) is 12.8 Å². The van der Waals surface area contributed by atoms with E-state index >= 15 is 0 Å². The number of rotatable bonds is 5. The highest BCUT2D eigenvalue weighted by Crippen LogP contribution is 2.28. The van der Waals surface area contributed by atoms with Crippen molar-refractivity contribution < 1.29 is 29.1 Å². The average Bonchev–Trinajstić information content (AvgIpc) is 2.64. The molecule has 2 amide bonds. The summed E-state index contributed by atoms with van der Waals surface area (Å²) >= 11 is 0. The Bertz CT molecular complexity index is 496. The Morgan fingerprint density at radius 3 is 2.41 bits per heavy atom. The maximum atomic E-state index is 12.1. The summed E-state index contributed by atoms with van der Waals surface area (Å²) in [5.41, 5.74) is 4.65. The van der Waals surface area contributed by atoms with Crippen LogP contribution in [0.4, 0.5) is 0 Å². The first-order valence-corrected chi connectivity index (χ1v) is 7.02. The van der Waals surface area contributed by atoms with Crippen molar-refractivity contribution in [2.45, 2.75) is 46.6 Å². The van der Waals surface area contributed by atoms with E-state index in [1.165, 1.54) is 0 Å². The normalized spacial score (nSPS) is 21.7. The number of aliphatic carboxylic acids is 1. The van der Waals surface area contributed by atoms with Crippen LogP contribution in [0.5, 0.6) is 0 Å². The molecule has 0 aromatic carbocycles. The second-order valence-corrected chi connectivity index (χ2v) is 6.63. The molecule has 1 heterocycles. The van der Waals surface area contributed by atoms with Gasteiger partial charge in [-0.2, -0.15) is 0 Å². The van der Waals surface area contributed by atoms with Crippen LogP contribution in [0.15, 0.2) is 0 Å². The van der Waals surface area contributed by atoms with E-state index in [9.17, 15) is 19.2 Å². The van der Waals surface area contributed by atoms with Crippen LogP contribution < -0.4 is 5.73 Å². The van der Waals surface area contributed by atoms with Gasteiger partial charge in [0.05, 0.1) is 11.3 Å². The van der Waals surface area contributed by atoms with E-state index in [1.54, 1.807) is 27.7 Å². The molecule has 0 bridgehead atoms. The summed E-state index contributed by atoms with van der Waals surface area (Å²) in [6.07, 6.45) is 0.0224. The first-order valence-electron chi connectivity index (χ1n) is 7.02. The summed E-state index contributed by atoms with van der Waals surface area (Å²) in [7, 11) is 0.